The van der Waals surface area contributed by atoms with Gasteiger partial charge in [0.2, 0.25) is 0 Å². The number of hydrogen-bond donors (Lipinski definition) is 0. The molecule has 0 N–H and O–H groups in total. The van der Waals surface area contributed by atoms with Gasteiger partial charge in [-0.1, -0.05) is 23.9 Å². The Bertz CT molecular complexity index is 605. The summed E-state index contributed by atoms with van der Waals surface area (Å²) in [4.78, 5) is 16.7. The van der Waals surface area contributed by atoms with Gasteiger partial charge in [-0.2, -0.15) is 0 Å². The van der Waals surface area contributed by atoms with Crippen LogP contribution in [0.4, 0.5) is 0 Å². The number of Topliss-reactive ketones (excluding diaryl/α,β-unsaturated/α-hetero) is 1. The number of rotatable bonds is 5. The van der Waals surface area contributed by atoms with Crippen molar-refractivity contribution in [3.05, 3.63) is 53.2 Å². The standard InChI is InChI=1S/C16H17NO2S/c1-11-8-12(2)17-16(9-11)20-10-14(18)13-6-4-5-7-15(13)19-3/h4-9H,10H2,1-3H3. The topological polar surface area (TPSA) is 39.2 Å². The number of para-hydroxylation sites is 1. The van der Waals surface area contributed by atoms with Crippen LogP contribution in [0.15, 0.2) is 41.4 Å². The van der Waals surface area contributed by atoms with Gasteiger partial charge in [0.05, 0.1) is 23.5 Å². The molecule has 0 aliphatic heterocycles. The maximum absolute atomic E-state index is 12.2. The van der Waals surface area contributed by atoms with Gasteiger partial charge in [0, 0.05) is 5.69 Å². The normalized spacial score (nSPS) is 10.3. The first-order valence-corrected chi connectivity index (χ1v) is 7.33. The van der Waals surface area contributed by atoms with Crippen molar-refractivity contribution >= 4 is 17.5 Å². The average Bonchev–Trinajstić information content (AvgIpc) is 2.43. The first-order chi connectivity index (χ1) is 9.60. The molecule has 0 fully saturated rings. The van der Waals surface area contributed by atoms with E-state index in [1.165, 1.54) is 11.8 Å². The maximum Gasteiger partial charge on any atom is 0.176 e. The summed E-state index contributed by atoms with van der Waals surface area (Å²) in [6.45, 7) is 3.99. The highest BCUT2D eigenvalue weighted by Gasteiger charge is 2.12. The molecule has 1 aromatic carbocycles. The molecule has 0 radical (unpaired) electrons. The van der Waals surface area contributed by atoms with Gasteiger partial charge < -0.3 is 4.74 Å². The Hall–Kier alpha value is -1.81. The second-order valence-corrected chi connectivity index (χ2v) is 5.53. The molecule has 0 saturated heterocycles. The van der Waals surface area contributed by atoms with Gasteiger partial charge in [-0.25, -0.2) is 4.98 Å². The smallest absolute Gasteiger partial charge is 0.176 e. The van der Waals surface area contributed by atoms with E-state index >= 15 is 0 Å². The number of aromatic nitrogens is 1. The van der Waals surface area contributed by atoms with Crippen LogP contribution in [0.2, 0.25) is 0 Å². The molecule has 0 bridgehead atoms. The van der Waals surface area contributed by atoms with Crippen molar-refractivity contribution < 1.29 is 9.53 Å². The van der Waals surface area contributed by atoms with E-state index in [2.05, 4.69) is 4.98 Å². The van der Waals surface area contributed by atoms with Gasteiger partial charge in [-0.05, 0) is 43.7 Å². The minimum Gasteiger partial charge on any atom is -0.496 e. The summed E-state index contributed by atoms with van der Waals surface area (Å²) in [7, 11) is 1.57. The summed E-state index contributed by atoms with van der Waals surface area (Å²) in [5.74, 6) is 1.02. The zero-order chi connectivity index (χ0) is 14.5. The van der Waals surface area contributed by atoms with Crippen LogP contribution < -0.4 is 4.74 Å². The monoisotopic (exact) mass is 287 g/mol. The molecule has 2 aromatic rings. The number of nitrogens with zero attached hydrogens (tertiary/aromatic N) is 1. The van der Waals surface area contributed by atoms with Crippen molar-refractivity contribution in [1.29, 1.82) is 0 Å². The van der Waals surface area contributed by atoms with Crippen LogP contribution >= 0.6 is 11.8 Å². The third-order valence-corrected chi connectivity index (χ3v) is 3.74. The minimum atomic E-state index is 0.0495. The van der Waals surface area contributed by atoms with E-state index in [4.69, 9.17) is 4.74 Å². The number of pyridine rings is 1. The summed E-state index contributed by atoms with van der Waals surface area (Å²) < 4.78 is 5.21. The van der Waals surface area contributed by atoms with E-state index in [-0.39, 0.29) is 5.78 Å². The molecule has 0 spiro atoms. The summed E-state index contributed by atoms with van der Waals surface area (Å²) in [5, 5.41) is 0.880. The first kappa shape index (κ1) is 14.6. The molecule has 4 heteroatoms. The average molecular weight is 287 g/mol. The van der Waals surface area contributed by atoms with Crippen LogP contribution in [0.5, 0.6) is 5.75 Å². The number of ketones is 1. The lowest BCUT2D eigenvalue weighted by Crippen LogP contribution is -2.05. The molecule has 104 valence electrons. The highest BCUT2D eigenvalue weighted by Crippen LogP contribution is 2.23. The number of hydrogen-bond acceptors (Lipinski definition) is 4. The summed E-state index contributed by atoms with van der Waals surface area (Å²) >= 11 is 1.45. The fraction of sp³-hybridized carbons (Fsp3) is 0.250. The molecule has 0 unspecified atom stereocenters. The highest BCUT2D eigenvalue weighted by atomic mass is 32.2. The van der Waals surface area contributed by atoms with Crippen LogP contribution in [0.3, 0.4) is 0 Å². The molecule has 3 nitrogen and oxygen atoms in total. The van der Waals surface area contributed by atoms with Crippen LogP contribution in [-0.4, -0.2) is 23.6 Å². The van der Waals surface area contributed by atoms with Crippen molar-refractivity contribution in [3.63, 3.8) is 0 Å². The Labute approximate surface area is 123 Å². The van der Waals surface area contributed by atoms with Gasteiger partial charge in [-0.3, -0.25) is 4.79 Å². The van der Waals surface area contributed by atoms with Crippen molar-refractivity contribution in [3.8, 4) is 5.75 Å². The predicted octanol–water partition coefficient (Wildman–Crippen LogP) is 3.68. The quantitative estimate of drug-likeness (QED) is 0.621. The molecule has 0 saturated carbocycles. The van der Waals surface area contributed by atoms with Crippen LogP contribution in [0.1, 0.15) is 21.6 Å². The molecule has 1 aromatic heterocycles. The minimum absolute atomic E-state index is 0.0495. The van der Waals surface area contributed by atoms with Gasteiger partial charge in [0.25, 0.3) is 0 Å². The second kappa shape index (κ2) is 6.57. The second-order valence-electron chi connectivity index (χ2n) is 4.54. The molecule has 0 aliphatic carbocycles. The summed E-state index contributed by atoms with van der Waals surface area (Å²) in [6, 6.07) is 11.3. The zero-order valence-electron chi connectivity index (χ0n) is 11.8. The molecule has 0 aliphatic rings. The van der Waals surface area contributed by atoms with E-state index in [0.29, 0.717) is 17.1 Å². The van der Waals surface area contributed by atoms with Crippen molar-refractivity contribution in [2.75, 3.05) is 12.9 Å². The fourth-order valence-electron chi connectivity index (χ4n) is 1.97. The number of benzene rings is 1. The van der Waals surface area contributed by atoms with E-state index in [1.54, 1.807) is 19.2 Å². The molecule has 2 rings (SSSR count). The largest absolute Gasteiger partial charge is 0.496 e. The maximum atomic E-state index is 12.2. The van der Waals surface area contributed by atoms with Gasteiger partial charge in [0.15, 0.2) is 5.78 Å². The van der Waals surface area contributed by atoms with E-state index in [9.17, 15) is 4.79 Å². The van der Waals surface area contributed by atoms with Gasteiger partial charge >= 0.3 is 0 Å². The van der Waals surface area contributed by atoms with E-state index < -0.39 is 0 Å². The highest BCUT2D eigenvalue weighted by molar-refractivity contribution is 7.99. The molecule has 0 atom stereocenters. The van der Waals surface area contributed by atoms with E-state index in [0.717, 1.165) is 16.3 Å². The number of carbonyl (C=O) groups excluding carboxylic acids is 1. The van der Waals surface area contributed by atoms with Crippen LogP contribution in [0, 0.1) is 13.8 Å². The lowest BCUT2D eigenvalue weighted by Gasteiger charge is -2.07. The lowest BCUT2D eigenvalue weighted by atomic mass is 10.1. The lowest BCUT2D eigenvalue weighted by molar-refractivity contribution is 0.101. The number of methoxy groups -OCH3 is 1. The predicted molar refractivity (Wildman–Crippen MR) is 81.8 cm³/mol. The Morgan fingerprint density at radius 3 is 2.70 bits per heavy atom. The first-order valence-electron chi connectivity index (χ1n) is 6.34. The Morgan fingerprint density at radius 1 is 1.25 bits per heavy atom. The van der Waals surface area contributed by atoms with Crippen molar-refractivity contribution in [2.45, 2.75) is 18.9 Å². The third-order valence-electron chi connectivity index (χ3n) is 2.83. The Kier molecular flexibility index (Phi) is 4.79. The number of ether oxygens (including phenoxy) is 1. The SMILES string of the molecule is COc1ccccc1C(=O)CSc1cc(C)cc(C)n1. The van der Waals surface area contributed by atoms with Crippen LogP contribution in [-0.2, 0) is 0 Å². The van der Waals surface area contributed by atoms with Crippen molar-refractivity contribution in [2.24, 2.45) is 0 Å². The molecule has 20 heavy (non-hydrogen) atoms. The summed E-state index contributed by atoms with van der Waals surface area (Å²) in [5.41, 5.74) is 2.74. The summed E-state index contributed by atoms with van der Waals surface area (Å²) in [6.07, 6.45) is 0. The molecule has 1 heterocycles. The molecular weight excluding hydrogens is 270 g/mol. The molecular formula is C16H17NO2S. The van der Waals surface area contributed by atoms with Crippen molar-refractivity contribution in [1.82, 2.24) is 4.98 Å². The number of carbonyl (C=O) groups is 1. The zero-order valence-corrected chi connectivity index (χ0v) is 12.7. The fourth-order valence-corrected chi connectivity index (χ4v) is 2.88. The Balaban J connectivity index is 2.08. The van der Waals surface area contributed by atoms with E-state index in [1.807, 2.05) is 38.1 Å². The number of aryl methyl sites for hydroxylation is 2. The van der Waals surface area contributed by atoms with Gasteiger partial charge in [-0.15, -0.1) is 0 Å². The Morgan fingerprint density at radius 2 is 2.00 bits per heavy atom. The van der Waals surface area contributed by atoms with Crippen LogP contribution in [0.25, 0.3) is 0 Å². The number of thioether (sulfide) groups is 1. The third kappa shape index (κ3) is 3.61. The molecule has 0 amide bonds. The van der Waals surface area contributed by atoms with Gasteiger partial charge in [0.1, 0.15) is 5.75 Å².